The predicted molar refractivity (Wildman–Crippen MR) is 86.8 cm³/mol. The molecule has 0 aliphatic heterocycles. The number of hydrogen-bond acceptors (Lipinski definition) is 7. The van der Waals surface area contributed by atoms with Crippen LogP contribution in [0.15, 0.2) is 53.7 Å². The van der Waals surface area contributed by atoms with Gasteiger partial charge in [-0.2, -0.15) is 13.9 Å². The molecule has 0 fully saturated rings. The van der Waals surface area contributed by atoms with Gasteiger partial charge in [0.2, 0.25) is 0 Å². The fourth-order valence-corrected chi connectivity index (χ4v) is 1.74. The van der Waals surface area contributed by atoms with Gasteiger partial charge >= 0.3 is 12.6 Å². The van der Waals surface area contributed by atoms with Crippen LogP contribution in [0.3, 0.4) is 0 Å². The van der Waals surface area contributed by atoms with Gasteiger partial charge in [0.15, 0.2) is 0 Å². The van der Waals surface area contributed by atoms with Crippen LogP contribution in [0.5, 0.6) is 11.8 Å². The van der Waals surface area contributed by atoms with E-state index in [4.69, 9.17) is 10.3 Å². The first-order valence-electron chi connectivity index (χ1n) is 7.42. The maximum atomic E-state index is 12.1. The van der Waals surface area contributed by atoms with Crippen molar-refractivity contribution in [2.75, 3.05) is 11.9 Å². The number of rotatable bonds is 9. The Morgan fingerprint density at radius 2 is 1.96 bits per heavy atom. The normalized spacial score (nSPS) is 11.3. The van der Waals surface area contributed by atoms with E-state index in [1.165, 1.54) is 18.3 Å². The van der Waals surface area contributed by atoms with Gasteiger partial charge in [-0.25, -0.2) is 15.5 Å². The summed E-state index contributed by atoms with van der Waals surface area (Å²) in [5, 5.41) is 6.24. The van der Waals surface area contributed by atoms with Crippen molar-refractivity contribution in [3.05, 3.63) is 54.1 Å². The second kappa shape index (κ2) is 9.26. The van der Waals surface area contributed by atoms with E-state index in [1.807, 2.05) is 6.92 Å². The lowest BCUT2D eigenvalue weighted by Gasteiger charge is -2.07. The zero-order valence-corrected chi connectivity index (χ0v) is 13.4. The number of benzene rings is 1. The molecule has 0 spiro atoms. The van der Waals surface area contributed by atoms with Crippen LogP contribution in [0.2, 0.25) is 0 Å². The zero-order valence-electron chi connectivity index (χ0n) is 13.4. The molecule has 0 saturated heterocycles. The van der Waals surface area contributed by atoms with Crippen molar-refractivity contribution < 1.29 is 18.3 Å². The highest BCUT2D eigenvalue weighted by atomic mass is 19.3. The van der Waals surface area contributed by atoms with Gasteiger partial charge in [-0.05, 0) is 36.2 Å². The van der Waals surface area contributed by atoms with Crippen molar-refractivity contribution in [2.24, 2.45) is 5.11 Å². The van der Waals surface area contributed by atoms with Gasteiger partial charge in [0.1, 0.15) is 18.1 Å². The Morgan fingerprint density at radius 3 is 2.52 bits per heavy atom. The Labute approximate surface area is 143 Å². The predicted octanol–water partition coefficient (Wildman–Crippen LogP) is 4.00. The van der Waals surface area contributed by atoms with Gasteiger partial charge < -0.3 is 14.8 Å². The standard InChI is InChI=1S/C16H17F2N5O2/c1-2-11-7-21-16(22-8-11)24-10-13(23-19)9-20-12-3-5-14(6-4-12)25-15(17)18/h3-9,15,19-20H,2,10H2,1H3/b13-9-,23-19?. The van der Waals surface area contributed by atoms with E-state index in [1.54, 1.807) is 24.5 Å². The molecule has 0 aliphatic carbocycles. The topological polar surface area (TPSA) is 92.5 Å². The average molecular weight is 349 g/mol. The minimum absolute atomic E-state index is 0.00848. The Morgan fingerprint density at radius 1 is 1.28 bits per heavy atom. The SMILES string of the molecule is CCc1cnc(OC/C(=C/Nc2ccc(OC(F)F)cc2)N=N)nc1. The molecule has 0 aliphatic rings. The van der Waals surface area contributed by atoms with E-state index in [0.717, 1.165) is 12.0 Å². The quantitative estimate of drug-likeness (QED) is 0.668. The number of nitrogens with one attached hydrogen (secondary N) is 2. The summed E-state index contributed by atoms with van der Waals surface area (Å²) in [6.45, 7) is -0.857. The third-order valence-corrected chi connectivity index (χ3v) is 3.07. The fourth-order valence-electron chi connectivity index (χ4n) is 1.74. The van der Waals surface area contributed by atoms with Crippen molar-refractivity contribution in [1.29, 1.82) is 5.53 Å². The summed E-state index contributed by atoms with van der Waals surface area (Å²) in [6, 6.07) is 6.12. The van der Waals surface area contributed by atoms with Crippen molar-refractivity contribution in [3.8, 4) is 11.8 Å². The molecular formula is C16H17F2N5O2. The molecule has 1 heterocycles. The van der Waals surface area contributed by atoms with Crippen LogP contribution >= 0.6 is 0 Å². The fraction of sp³-hybridized carbons (Fsp3) is 0.250. The molecule has 0 radical (unpaired) electrons. The van der Waals surface area contributed by atoms with E-state index in [2.05, 4.69) is 25.1 Å². The number of anilines is 1. The first-order chi connectivity index (χ1) is 12.1. The van der Waals surface area contributed by atoms with Crippen molar-refractivity contribution >= 4 is 5.69 Å². The second-order valence-electron chi connectivity index (χ2n) is 4.81. The lowest BCUT2D eigenvalue weighted by atomic mass is 10.3. The summed E-state index contributed by atoms with van der Waals surface area (Å²) in [7, 11) is 0. The zero-order chi connectivity index (χ0) is 18.1. The van der Waals surface area contributed by atoms with Crippen LogP contribution in [-0.2, 0) is 6.42 Å². The Balaban J connectivity index is 1.89. The van der Waals surface area contributed by atoms with Crippen molar-refractivity contribution in [2.45, 2.75) is 20.0 Å². The molecule has 7 nitrogen and oxygen atoms in total. The third-order valence-electron chi connectivity index (χ3n) is 3.07. The van der Waals surface area contributed by atoms with E-state index in [9.17, 15) is 8.78 Å². The maximum Gasteiger partial charge on any atom is 0.387 e. The maximum absolute atomic E-state index is 12.1. The first kappa shape index (κ1) is 18.2. The number of hydrogen-bond donors (Lipinski definition) is 2. The van der Waals surface area contributed by atoms with Crippen LogP contribution in [0.1, 0.15) is 12.5 Å². The van der Waals surface area contributed by atoms with Crippen LogP contribution in [0, 0.1) is 5.53 Å². The summed E-state index contributed by atoms with van der Waals surface area (Å²) in [4.78, 5) is 8.10. The molecule has 2 N–H and O–H groups in total. The molecule has 1 aromatic heterocycles. The van der Waals surface area contributed by atoms with Crippen LogP contribution in [0.25, 0.3) is 0 Å². The van der Waals surface area contributed by atoms with Crippen LogP contribution < -0.4 is 14.8 Å². The van der Waals surface area contributed by atoms with E-state index in [0.29, 0.717) is 11.4 Å². The number of aryl methyl sites for hydroxylation is 1. The third kappa shape index (κ3) is 6.13. The van der Waals surface area contributed by atoms with Crippen molar-refractivity contribution in [3.63, 3.8) is 0 Å². The molecule has 0 bridgehead atoms. The van der Waals surface area contributed by atoms with Gasteiger partial charge in [0, 0.05) is 24.3 Å². The molecular weight excluding hydrogens is 332 g/mol. The highest BCUT2D eigenvalue weighted by molar-refractivity contribution is 5.48. The van der Waals surface area contributed by atoms with Crippen LogP contribution in [-0.4, -0.2) is 23.2 Å². The van der Waals surface area contributed by atoms with E-state index >= 15 is 0 Å². The molecule has 0 saturated carbocycles. The summed E-state index contributed by atoms with van der Waals surface area (Å²) in [5.41, 5.74) is 9.07. The average Bonchev–Trinajstić information content (AvgIpc) is 2.63. The molecule has 0 unspecified atom stereocenters. The van der Waals surface area contributed by atoms with Gasteiger partial charge in [0.25, 0.3) is 0 Å². The largest absolute Gasteiger partial charge is 0.457 e. The first-order valence-corrected chi connectivity index (χ1v) is 7.42. The lowest BCUT2D eigenvalue weighted by molar-refractivity contribution is -0.0498. The second-order valence-corrected chi connectivity index (χ2v) is 4.81. The summed E-state index contributed by atoms with van der Waals surface area (Å²) in [6.07, 6.45) is 5.64. The molecule has 0 amide bonds. The molecule has 9 heteroatoms. The smallest absolute Gasteiger partial charge is 0.387 e. The molecule has 0 atom stereocenters. The van der Waals surface area contributed by atoms with Gasteiger partial charge in [-0.15, -0.1) is 0 Å². The molecule has 1 aromatic carbocycles. The number of ether oxygens (including phenoxy) is 2. The lowest BCUT2D eigenvalue weighted by Crippen LogP contribution is -2.05. The molecule has 25 heavy (non-hydrogen) atoms. The van der Waals surface area contributed by atoms with E-state index in [-0.39, 0.29) is 18.4 Å². The number of aromatic nitrogens is 2. The molecule has 132 valence electrons. The summed E-state index contributed by atoms with van der Waals surface area (Å²) in [5.74, 6) is 0.0611. The Kier molecular flexibility index (Phi) is 6.76. The van der Waals surface area contributed by atoms with Crippen LogP contribution in [0.4, 0.5) is 14.5 Å². The number of nitrogens with zero attached hydrogens (tertiary/aromatic N) is 3. The van der Waals surface area contributed by atoms with Gasteiger partial charge in [-0.1, -0.05) is 6.92 Å². The highest BCUT2D eigenvalue weighted by Crippen LogP contribution is 2.18. The molecule has 2 aromatic rings. The minimum atomic E-state index is -2.86. The van der Waals surface area contributed by atoms with Gasteiger partial charge in [-0.3, -0.25) is 0 Å². The van der Waals surface area contributed by atoms with Crippen molar-refractivity contribution in [1.82, 2.24) is 9.97 Å². The number of halogens is 2. The Bertz CT molecular complexity index is 705. The van der Waals surface area contributed by atoms with E-state index < -0.39 is 6.61 Å². The summed E-state index contributed by atoms with van der Waals surface area (Å²) >= 11 is 0. The molecule has 2 rings (SSSR count). The van der Waals surface area contributed by atoms with Gasteiger partial charge in [0.05, 0.1) is 0 Å². The highest BCUT2D eigenvalue weighted by Gasteiger charge is 2.04. The Hall–Kier alpha value is -3.10. The minimum Gasteiger partial charge on any atom is -0.457 e. The summed E-state index contributed by atoms with van der Waals surface area (Å²) < 4.78 is 33.8. The monoisotopic (exact) mass is 349 g/mol. The number of alkyl halides is 2.